The minimum absolute atomic E-state index is 0.0809. The summed E-state index contributed by atoms with van der Waals surface area (Å²) in [6.07, 6.45) is -4.43. The van der Waals surface area contributed by atoms with Gasteiger partial charge < -0.3 is 4.90 Å². The molecule has 0 unspecified atom stereocenters. The van der Waals surface area contributed by atoms with E-state index < -0.39 is 48.4 Å². The third-order valence-corrected chi connectivity index (χ3v) is 7.32. The van der Waals surface area contributed by atoms with Gasteiger partial charge in [0.05, 0.1) is 24.3 Å². The van der Waals surface area contributed by atoms with Crippen molar-refractivity contribution < 1.29 is 31.1 Å². The van der Waals surface area contributed by atoms with Crippen LogP contribution in [0.25, 0.3) is 0 Å². The molecule has 214 valence electrons. The second-order valence-corrected chi connectivity index (χ2v) is 10.0. The monoisotopic (exact) mass is 566 g/mol. The van der Waals surface area contributed by atoms with E-state index in [2.05, 4.69) is 10.1 Å². The summed E-state index contributed by atoms with van der Waals surface area (Å²) in [5.41, 5.74) is -0.978. The van der Waals surface area contributed by atoms with Crippen LogP contribution in [0.4, 0.5) is 26.3 Å². The molecule has 1 aliphatic carbocycles. The zero-order valence-electron chi connectivity index (χ0n) is 21.9. The largest absolute Gasteiger partial charge is 0.418 e. The van der Waals surface area contributed by atoms with Gasteiger partial charge >= 0.3 is 6.18 Å². The number of aromatic nitrogens is 3. The maximum atomic E-state index is 14.6. The number of alkyl halides is 5. The van der Waals surface area contributed by atoms with Crippen LogP contribution in [0.15, 0.2) is 47.4 Å². The van der Waals surface area contributed by atoms with E-state index in [0.29, 0.717) is 31.2 Å². The fraction of sp³-hybridized carbons (Fsp3) is 0.429. The van der Waals surface area contributed by atoms with Crippen LogP contribution < -0.4 is 5.56 Å². The first-order valence-electron chi connectivity index (χ1n) is 12.8. The maximum Gasteiger partial charge on any atom is 0.418 e. The Labute approximate surface area is 226 Å². The number of aryl methyl sites for hydroxylation is 1. The first-order valence-corrected chi connectivity index (χ1v) is 12.8. The van der Waals surface area contributed by atoms with E-state index in [1.807, 2.05) is 13.0 Å². The van der Waals surface area contributed by atoms with E-state index in [-0.39, 0.29) is 28.9 Å². The molecule has 1 aliphatic rings. The van der Waals surface area contributed by atoms with Crippen molar-refractivity contribution >= 4 is 5.91 Å². The van der Waals surface area contributed by atoms with Crippen molar-refractivity contribution in [1.82, 2.24) is 19.7 Å². The summed E-state index contributed by atoms with van der Waals surface area (Å²) in [5, 5.41) is 3.97. The molecule has 0 radical (unpaired) electrons. The van der Waals surface area contributed by atoms with Gasteiger partial charge in [-0.05, 0) is 79.8 Å². The number of halogens is 6. The standard InChI is InChI=1S/C28H28F6N4O2/c1-16-5-3-7-21(29)25(16)18-10-8-17(9-11-18)19-13-22(27(40)37(2)15-24(30)31)36-38(26(19)39)14-23-20(28(32,33)34)6-4-12-35-23/h3-7,12-13,17-18,24H,8-11,14-15H2,1-2H3. The Bertz CT molecular complexity index is 1410. The molecule has 1 fully saturated rings. The lowest BCUT2D eigenvalue weighted by Crippen LogP contribution is -2.36. The molecule has 1 aromatic carbocycles. The predicted molar refractivity (Wildman–Crippen MR) is 135 cm³/mol. The highest BCUT2D eigenvalue weighted by atomic mass is 19.4. The van der Waals surface area contributed by atoms with Gasteiger partial charge in [-0.2, -0.15) is 18.3 Å². The van der Waals surface area contributed by atoms with Crippen molar-refractivity contribution in [3.05, 3.63) is 92.4 Å². The minimum Gasteiger partial charge on any atom is -0.335 e. The van der Waals surface area contributed by atoms with Crippen molar-refractivity contribution in [2.75, 3.05) is 13.6 Å². The molecule has 40 heavy (non-hydrogen) atoms. The Kier molecular flexibility index (Phi) is 8.65. The van der Waals surface area contributed by atoms with Crippen LogP contribution in [-0.4, -0.2) is 45.6 Å². The molecule has 0 spiro atoms. The molecule has 4 rings (SSSR count). The zero-order chi connectivity index (χ0) is 29.2. The van der Waals surface area contributed by atoms with Gasteiger partial charge in [0.25, 0.3) is 17.9 Å². The second kappa shape index (κ2) is 11.8. The average molecular weight is 567 g/mol. The number of pyridine rings is 1. The summed E-state index contributed by atoms with van der Waals surface area (Å²) in [6.45, 7) is 0.262. The topological polar surface area (TPSA) is 68.1 Å². The van der Waals surface area contributed by atoms with Crippen LogP contribution >= 0.6 is 0 Å². The van der Waals surface area contributed by atoms with Crippen LogP contribution in [0.3, 0.4) is 0 Å². The molecule has 1 amide bonds. The number of carbonyl (C=O) groups is 1. The average Bonchev–Trinajstić information content (AvgIpc) is 2.89. The molecule has 2 aromatic heterocycles. The van der Waals surface area contributed by atoms with Crippen LogP contribution in [-0.2, 0) is 12.7 Å². The molecule has 0 bridgehead atoms. The number of rotatable bonds is 7. The molecule has 6 nitrogen and oxygen atoms in total. The fourth-order valence-electron chi connectivity index (χ4n) is 5.37. The highest BCUT2D eigenvalue weighted by Crippen LogP contribution is 2.41. The number of carbonyl (C=O) groups excluding carboxylic acids is 1. The summed E-state index contributed by atoms with van der Waals surface area (Å²) in [7, 11) is 1.15. The summed E-state index contributed by atoms with van der Waals surface area (Å²) in [6, 6.07) is 8.04. The van der Waals surface area contributed by atoms with E-state index in [1.165, 1.54) is 12.1 Å². The van der Waals surface area contributed by atoms with Gasteiger partial charge in [0.2, 0.25) is 0 Å². The van der Waals surface area contributed by atoms with Crippen LogP contribution in [0, 0.1) is 12.7 Å². The Balaban J connectivity index is 1.71. The van der Waals surface area contributed by atoms with Gasteiger partial charge in [-0.3, -0.25) is 14.6 Å². The quantitative estimate of drug-likeness (QED) is 0.333. The molecule has 0 saturated heterocycles. The molecule has 0 aliphatic heterocycles. The molecule has 3 aromatic rings. The molecule has 12 heteroatoms. The van der Waals surface area contributed by atoms with Gasteiger partial charge in [-0.1, -0.05) is 12.1 Å². The molecule has 1 saturated carbocycles. The SMILES string of the molecule is Cc1cccc(F)c1C1CCC(c2cc(C(=O)N(C)CC(F)F)nn(Cc3ncccc3C(F)(F)F)c2=O)CC1. The van der Waals surface area contributed by atoms with E-state index >= 15 is 0 Å². The normalized spacial score (nSPS) is 17.7. The predicted octanol–water partition coefficient (Wildman–Crippen LogP) is 5.93. The molecule has 2 heterocycles. The first kappa shape index (κ1) is 29.3. The molecular formula is C28H28F6N4O2. The minimum atomic E-state index is -4.75. The van der Waals surface area contributed by atoms with Crippen molar-refractivity contribution in [2.45, 2.75) is 63.6 Å². The Morgan fingerprint density at radius 3 is 2.40 bits per heavy atom. The lowest BCUT2D eigenvalue weighted by molar-refractivity contribution is -0.138. The fourth-order valence-corrected chi connectivity index (χ4v) is 5.37. The summed E-state index contributed by atoms with van der Waals surface area (Å²) >= 11 is 0. The number of hydrogen-bond acceptors (Lipinski definition) is 4. The van der Waals surface area contributed by atoms with Crippen molar-refractivity contribution in [2.24, 2.45) is 0 Å². The van der Waals surface area contributed by atoms with Gasteiger partial charge in [0.15, 0.2) is 0 Å². The van der Waals surface area contributed by atoms with E-state index in [9.17, 15) is 35.9 Å². The number of amides is 1. The van der Waals surface area contributed by atoms with Crippen LogP contribution in [0.1, 0.15) is 76.0 Å². The third kappa shape index (κ3) is 6.37. The second-order valence-electron chi connectivity index (χ2n) is 10.0. The smallest absolute Gasteiger partial charge is 0.335 e. The lowest BCUT2D eigenvalue weighted by atomic mass is 9.75. The van der Waals surface area contributed by atoms with Gasteiger partial charge in [0, 0.05) is 18.8 Å². The van der Waals surface area contributed by atoms with Gasteiger partial charge in [0.1, 0.15) is 11.5 Å². The Morgan fingerprint density at radius 2 is 1.77 bits per heavy atom. The molecule has 0 atom stereocenters. The van der Waals surface area contributed by atoms with Gasteiger partial charge in [-0.15, -0.1) is 0 Å². The molecular weight excluding hydrogens is 538 g/mol. The number of benzene rings is 1. The summed E-state index contributed by atoms with van der Waals surface area (Å²) in [5.74, 6) is -1.67. The van der Waals surface area contributed by atoms with E-state index in [1.54, 1.807) is 6.07 Å². The molecule has 0 N–H and O–H groups in total. The van der Waals surface area contributed by atoms with Crippen molar-refractivity contribution in [3.8, 4) is 0 Å². The number of nitrogens with zero attached hydrogens (tertiary/aromatic N) is 4. The third-order valence-electron chi connectivity index (χ3n) is 7.32. The van der Waals surface area contributed by atoms with E-state index in [4.69, 9.17) is 0 Å². The Morgan fingerprint density at radius 1 is 1.10 bits per heavy atom. The first-order chi connectivity index (χ1) is 18.9. The Hall–Kier alpha value is -3.70. The van der Waals surface area contributed by atoms with Crippen LogP contribution in [0.2, 0.25) is 0 Å². The number of hydrogen-bond donors (Lipinski definition) is 0. The summed E-state index contributed by atoms with van der Waals surface area (Å²) < 4.78 is 81.9. The van der Waals surface area contributed by atoms with Crippen molar-refractivity contribution in [1.29, 1.82) is 0 Å². The van der Waals surface area contributed by atoms with Crippen LogP contribution in [0.5, 0.6) is 0 Å². The highest BCUT2D eigenvalue weighted by molar-refractivity contribution is 5.92. The zero-order valence-corrected chi connectivity index (χ0v) is 21.9. The maximum absolute atomic E-state index is 14.6. The van der Waals surface area contributed by atoms with Crippen molar-refractivity contribution in [3.63, 3.8) is 0 Å². The highest BCUT2D eigenvalue weighted by Gasteiger charge is 2.35. The lowest BCUT2D eigenvalue weighted by Gasteiger charge is -2.30. The van der Waals surface area contributed by atoms with E-state index in [0.717, 1.165) is 40.5 Å². The summed E-state index contributed by atoms with van der Waals surface area (Å²) in [4.78, 5) is 31.0. The van der Waals surface area contributed by atoms with Gasteiger partial charge in [-0.25, -0.2) is 17.9 Å².